The predicted molar refractivity (Wildman–Crippen MR) is 78.4 cm³/mol. The smallest absolute Gasteiger partial charge is 0.272 e. The van der Waals surface area contributed by atoms with Gasteiger partial charge in [0.2, 0.25) is 0 Å². The van der Waals surface area contributed by atoms with Crippen LogP contribution in [0.1, 0.15) is 23.0 Å². The third-order valence-electron chi connectivity index (χ3n) is 2.93. The summed E-state index contributed by atoms with van der Waals surface area (Å²) in [5, 5.41) is 11.4. The Morgan fingerprint density at radius 2 is 2.24 bits per heavy atom. The number of nitrogens with zero attached hydrogens (tertiary/aromatic N) is 1. The predicted octanol–water partition coefficient (Wildman–Crippen LogP) is 2.24. The van der Waals surface area contributed by atoms with Gasteiger partial charge in [-0.3, -0.25) is 4.79 Å². The van der Waals surface area contributed by atoms with E-state index < -0.39 is 5.82 Å². The third-order valence-corrected chi connectivity index (χ3v) is 2.93. The molecule has 0 aliphatic heterocycles. The maximum Gasteiger partial charge on any atom is 0.272 e. The fraction of sp³-hybridized carbons (Fsp3) is 0.188. The number of aliphatic hydroxyl groups excluding tert-OH is 1. The molecule has 0 aliphatic rings. The van der Waals surface area contributed by atoms with Gasteiger partial charge in [-0.25, -0.2) is 4.39 Å². The molecule has 0 atom stereocenters. The van der Waals surface area contributed by atoms with Crippen LogP contribution >= 0.6 is 0 Å². The molecule has 0 aliphatic carbocycles. The zero-order valence-corrected chi connectivity index (χ0v) is 11.6. The Kier molecular flexibility index (Phi) is 4.75. The summed E-state index contributed by atoms with van der Waals surface area (Å²) >= 11 is 0. The standard InChI is InChI=1S/C16H15FN2O2/c1-2-19-9-3-6-15(19)16(21)18-13-7-8-14(17)12(11-13)5-4-10-20/h3,6-9,11,20H,2,10H2,1H3,(H,18,21). The summed E-state index contributed by atoms with van der Waals surface area (Å²) in [5.74, 6) is 4.12. The number of benzene rings is 1. The van der Waals surface area contributed by atoms with Crippen LogP contribution in [0.4, 0.5) is 10.1 Å². The van der Waals surface area contributed by atoms with Crippen molar-refractivity contribution in [1.82, 2.24) is 4.57 Å². The summed E-state index contributed by atoms with van der Waals surface area (Å²) in [7, 11) is 0. The molecule has 1 heterocycles. The van der Waals surface area contributed by atoms with Crippen molar-refractivity contribution in [3.63, 3.8) is 0 Å². The number of anilines is 1. The molecule has 0 spiro atoms. The number of hydrogen-bond acceptors (Lipinski definition) is 2. The van der Waals surface area contributed by atoms with Crippen molar-refractivity contribution in [2.75, 3.05) is 11.9 Å². The molecule has 1 amide bonds. The molecule has 5 heteroatoms. The van der Waals surface area contributed by atoms with Gasteiger partial charge in [-0.2, -0.15) is 0 Å². The number of amides is 1. The number of hydrogen-bond donors (Lipinski definition) is 2. The van der Waals surface area contributed by atoms with Crippen LogP contribution in [0.25, 0.3) is 0 Å². The molecule has 2 aromatic rings. The van der Waals surface area contributed by atoms with Gasteiger partial charge >= 0.3 is 0 Å². The summed E-state index contributed by atoms with van der Waals surface area (Å²) in [5.41, 5.74) is 1.12. The van der Waals surface area contributed by atoms with E-state index in [0.717, 1.165) is 0 Å². The Labute approximate surface area is 122 Å². The SMILES string of the molecule is CCn1cccc1C(=O)Nc1ccc(F)c(C#CCO)c1. The highest BCUT2D eigenvalue weighted by Gasteiger charge is 2.11. The average molecular weight is 286 g/mol. The highest BCUT2D eigenvalue weighted by Crippen LogP contribution is 2.15. The van der Waals surface area contributed by atoms with E-state index in [9.17, 15) is 9.18 Å². The van der Waals surface area contributed by atoms with Crippen LogP contribution < -0.4 is 5.32 Å². The molecule has 2 rings (SSSR count). The van der Waals surface area contributed by atoms with Gasteiger partial charge in [-0.15, -0.1) is 0 Å². The average Bonchev–Trinajstić information content (AvgIpc) is 2.96. The van der Waals surface area contributed by atoms with E-state index in [-0.39, 0.29) is 18.1 Å². The van der Waals surface area contributed by atoms with Gasteiger partial charge in [0.05, 0.1) is 5.56 Å². The van der Waals surface area contributed by atoms with E-state index >= 15 is 0 Å². The Hall–Kier alpha value is -2.58. The van der Waals surface area contributed by atoms with E-state index in [4.69, 9.17) is 5.11 Å². The molecular weight excluding hydrogens is 271 g/mol. The van der Waals surface area contributed by atoms with E-state index in [1.807, 2.05) is 17.7 Å². The molecule has 1 aromatic heterocycles. The summed E-state index contributed by atoms with van der Waals surface area (Å²) in [4.78, 5) is 12.2. The number of aliphatic hydroxyl groups is 1. The quantitative estimate of drug-likeness (QED) is 0.850. The van der Waals surface area contributed by atoms with E-state index in [1.165, 1.54) is 18.2 Å². The van der Waals surface area contributed by atoms with Crippen molar-refractivity contribution >= 4 is 11.6 Å². The molecule has 0 bridgehead atoms. The van der Waals surface area contributed by atoms with Crippen molar-refractivity contribution < 1.29 is 14.3 Å². The second-order valence-corrected chi connectivity index (χ2v) is 4.29. The van der Waals surface area contributed by atoms with Crippen LogP contribution in [-0.2, 0) is 6.54 Å². The van der Waals surface area contributed by atoms with Gasteiger partial charge in [-0.1, -0.05) is 11.8 Å². The molecule has 21 heavy (non-hydrogen) atoms. The maximum absolute atomic E-state index is 13.5. The summed E-state index contributed by atoms with van der Waals surface area (Å²) in [6.07, 6.45) is 1.82. The van der Waals surface area contributed by atoms with Crippen LogP contribution in [-0.4, -0.2) is 22.2 Å². The first kappa shape index (κ1) is 14.8. The van der Waals surface area contributed by atoms with E-state index in [2.05, 4.69) is 17.2 Å². The number of carbonyl (C=O) groups excluding carboxylic acids is 1. The van der Waals surface area contributed by atoms with Crippen LogP contribution in [0, 0.1) is 17.7 Å². The number of halogens is 1. The largest absolute Gasteiger partial charge is 0.384 e. The van der Waals surface area contributed by atoms with E-state index in [1.54, 1.807) is 12.1 Å². The Morgan fingerprint density at radius 3 is 2.95 bits per heavy atom. The van der Waals surface area contributed by atoms with Gasteiger partial charge in [0.1, 0.15) is 18.1 Å². The zero-order chi connectivity index (χ0) is 15.2. The maximum atomic E-state index is 13.5. The Balaban J connectivity index is 2.22. The second-order valence-electron chi connectivity index (χ2n) is 4.29. The lowest BCUT2D eigenvalue weighted by Gasteiger charge is -2.08. The van der Waals surface area contributed by atoms with Crippen LogP contribution in [0.2, 0.25) is 0 Å². The lowest BCUT2D eigenvalue weighted by atomic mass is 10.2. The monoisotopic (exact) mass is 286 g/mol. The van der Waals surface area contributed by atoms with Crippen molar-refractivity contribution in [3.8, 4) is 11.8 Å². The Bertz CT molecular complexity index is 711. The summed E-state index contributed by atoms with van der Waals surface area (Å²) in [6, 6.07) is 7.65. The lowest BCUT2D eigenvalue weighted by Crippen LogP contribution is -2.16. The molecule has 0 unspecified atom stereocenters. The summed E-state index contributed by atoms with van der Waals surface area (Å²) < 4.78 is 15.3. The highest BCUT2D eigenvalue weighted by atomic mass is 19.1. The summed E-state index contributed by atoms with van der Waals surface area (Å²) in [6.45, 7) is 2.28. The first-order valence-electron chi connectivity index (χ1n) is 6.51. The molecule has 0 saturated heterocycles. The topological polar surface area (TPSA) is 54.3 Å². The van der Waals surface area contributed by atoms with Crippen LogP contribution in [0.3, 0.4) is 0 Å². The number of rotatable bonds is 3. The molecule has 2 N–H and O–H groups in total. The second kappa shape index (κ2) is 6.73. The molecule has 1 aromatic carbocycles. The normalized spacial score (nSPS) is 9.86. The van der Waals surface area contributed by atoms with Gasteiger partial charge < -0.3 is 15.0 Å². The number of aryl methyl sites for hydroxylation is 1. The molecule has 0 fully saturated rings. The number of carbonyl (C=O) groups is 1. The minimum absolute atomic E-state index is 0.132. The van der Waals surface area contributed by atoms with Crippen molar-refractivity contribution in [1.29, 1.82) is 0 Å². The highest BCUT2D eigenvalue weighted by molar-refractivity contribution is 6.03. The third kappa shape index (κ3) is 3.50. The molecule has 0 radical (unpaired) electrons. The fourth-order valence-corrected chi connectivity index (χ4v) is 1.92. The first-order chi connectivity index (χ1) is 10.2. The van der Waals surface area contributed by atoms with Crippen molar-refractivity contribution in [2.24, 2.45) is 0 Å². The van der Waals surface area contributed by atoms with Crippen molar-refractivity contribution in [3.05, 3.63) is 53.6 Å². The lowest BCUT2D eigenvalue weighted by molar-refractivity contribution is 0.101. The number of aromatic nitrogens is 1. The molecule has 4 nitrogen and oxygen atoms in total. The number of nitrogens with one attached hydrogen (secondary N) is 1. The first-order valence-corrected chi connectivity index (χ1v) is 6.51. The molecular formula is C16H15FN2O2. The van der Waals surface area contributed by atoms with Gasteiger partial charge in [-0.05, 0) is 37.3 Å². The fourth-order valence-electron chi connectivity index (χ4n) is 1.92. The zero-order valence-electron chi connectivity index (χ0n) is 11.6. The van der Waals surface area contributed by atoms with E-state index in [0.29, 0.717) is 17.9 Å². The van der Waals surface area contributed by atoms with Crippen molar-refractivity contribution in [2.45, 2.75) is 13.5 Å². The minimum Gasteiger partial charge on any atom is -0.384 e. The van der Waals surface area contributed by atoms with Gasteiger partial charge in [0.25, 0.3) is 5.91 Å². The van der Waals surface area contributed by atoms with Crippen LogP contribution in [0.5, 0.6) is 0 Å². The molecule has 0 saturated carbocycles. The van der Waals surface area contributed by atoms with Crippen LogP contribution in [0.15, 0.2) is 36.5 Å². The van der Waals surface area contributed by atoms with Gasteiger partial charge in [0.15, 0.2) is 0 Å². The Morgan fingerprint density at radius 1 is 1.43 bits per heavy atom. The van der Waals surface area contributed by atoms with Gasteiger partial charge in [0, 0.05) is 18.4 Å². The molecule has 108 valence electrons. The minimum atomic E-state index is -0.495.